The summed E-state index contributed by atoms with van der Waals surface area (Å²) < 4.78 is 0. The summed E-state index contributed by atoms with van der Waals surface area (Å²) in [6.45, 7) is 6.41. The average molecular weight is 166 g/mol. The van der Waals surface area contributed by atoms with Crippen LogP contribution in [0.25, 0.3) is 0 Å². The SMILES string of the molecule is CC1=CCC(=O)C(C(C)C)CC1. The van der Waals surface area contributed by atoms with Crippen LogP contribution in [0, 0.1) is 11.8 Å². The molecular formula is C11H18O. The molecule has 0 spiro atoms. The Labute approximate surface area is 74.9 Å². The highest BCUT2D eigenvalue weighted by Gasteiger charge is 2.22. The van der Waals surface area contributed by atoms with Crippen molar-refractivity contribution < 1.29 is 4.79 Å². The quantitative estimate of drug-likeness (QED) is 0.547. The summed E-state index contributed by atoms with van der Waals surface area (Å²) in [6.07, 6.45) is 4.91. The summed E-state index contributed by atoms with van der Waals surface area (Å²) in [7, 11) is 0. The van der Waals surface area contributed by atoms with Crippen LogP contribution in [0.4, 0.5) is 0 Å². The van der Waals surface area contributed by atoms with Crippen LogP contribution in [0.1, 0.15) is 40.0 Å². The van der Waals surface area contributed by atoms with Crippen molar-refractivity contribution in [2.75, 3.05) is 0 Å². The first-order valence-corrected chi connectivity index (χ1v) is 4.79. The number of Topliss-reactive ketones (excluding diaryl/α,β-unsaturated/α-hetero) is 1. The van der Waals surface area contributed by atoms with Crippen molar-refractivity contribution >= 4 is 5.78 Å². The van der Waals surface area contributed by atoms with Crippen LogP contribution in [0.15, 0.2) is 11.6 Å². The van der Waals surface area contributed by atoms with Gasteiger partial charge in [-0.15, -0.1) is 0 Å². The third-order valence-electron chi connectivity index (χ3n) is 2.72. The highest BCUT2D eigenvalue weighted by molar-refractivity contribution is 5.83. The largest absolute Gasteiger partial charge is 0.299 e. The predicted molar refractivity (Wildman–Crippen MR) is 50.9 cm³/mol. The number of rotatable bonds is 1. The Bertz CT molecular complexity index is 201. The van der Waals surface area contributed by atoms with Gasteiger partial charge in [0.2, 0.25) is 0 Å². The molecule has 68 valence electrons. The van der Waals surface area contributed by atoms with Crippen LogP contribution in [-0.4, -0.2) is 5.78 Å². The van der Waals surface area contributed by atoms with Crippen molar-refractivity contribution in [3.05, 3.63) is 11.6 Å². The van der Waals surface area contributed by atoms with Crippen molar-refractivity contribution in [1.29, 1.82) is 0 Å². The minimum Gasteiger partial charge on any atom is -0.299 e. The van der Waals surface area contributed by atoms with Gasteiger partial charge in [0.1, 0.15) is 5.78 Å². The first-order chi connectivity index (χ1) is 5.61. The fraction of sp³-hybridized carbons (Fsp3) is 0.727. The summed E-state index contributed by atoms with van der Waals surface area (Å²) in [6, 6.07) is 0. The molecule has 1 unspecified atom stereocenters. The second-order valence-electron chi connectivity index (χ2n) is 4.11. The van der Waals surface area contributed by atoms with Crippen molar-refractivity contribution in [3.8, 4) is 0 Å². The number of allylic oxidation sites excluding steroid dienone is 2. The highest BCUT2D eigenvalue weighted by Crippen LogP contribution is 2.25. The van der Waals surface area contributed by atoms with E-state index >= 15 is 0 Å². The molecule has 0 saturated carbocycles. The van der Waals surface area contributed by atoms with Crippen LogP contribution < -0.4 is 0 Å². The second-order valence-corrected chi connectivity index (χ2v) is 4.11. The van der Waals surface area contributed by atoms with Gasteiger partial charge in [-0.2, -0.15) is 0 Å². The average Bonchev–Trinajstić information content (AvgIpc) is 2.14. The second kappa shape index (κ2) is 3.88. The maximum atomic E-state index is 11.6. The van der Waals surface area contributed by atoms with Gasteiger partial charge in [0.25, 0.3) is 0 Å². The molecule has 0 aromatic rings. The minimum absolute atomic E-state index is 0.304. The molecule has 0 aromatic heterocycles. The molecule has 1 nitrogen and oxygen atoms in total. The molecule has 0 aliphatic heterocycles. The van der Waals surface area contributed by atoms with Gasteiger partial charge in [-0.1, -0.05) is 25.5 Å². The van der Waals surface area contributed by atoms with Crippen LogP contribution in [0.3, 0.4) is 0 Å². The van der Waals surface area contributed by atoms with E-state index in [1.807, 2.05) is 0 Å². The van der Waals surface area contributed by atoms with E-state index in [0.717, 1.165) is 12.8 Å². The van der Waals surface area contributed by atoms with E-state index in [1.165, 1.54) is 5.57 Å². The molecule has 1 rings (SSSR count). The van der Waals surface area contributed by atoms with Gasteiger partial charge < -0.3 is 0 Å². The van der Waals surface area contributed by atoms with Crippen molar-refractivity contribution in [2.24, 2.45) is 11.8 Å². The Balaban J connectivity index is 2.64. The fourth-order valence-corrected chi connectivity index (χ4v) is 1.78. The first kappa shape index (κ1) is 9.50. The third kappa shape index (κ3) is 2.20. The lowest BCUT2D eigenvalue weighted by Gasteiger charge is -2.16. The van der Waals surface area contributed by atoms with E-state index in [1.54, 1.807) is 0 Å². The summed E-state index contributed by atoms with van der Waals surface area (Å²) >= 11 is 0. The Hall–Kier alpha value is -0.590. The van der Waals surface area contributed by atoms with Gasteiger partial charge in [0.15, 0.2) is 0 Å². The molecule has 1 heteroatoms. The van der Waals surface area contributed by atoms with Crippen LogP contribution >= 0.6 is 0 Å². The molecule has 0 fully saturated rings. The Morgan fingerprint density at radius 1 is 1.50 bits per heavy atom. The minimum atomic E-state index is 0.304. The molecule has 0 saturated heterocycles. The third-order valence-corrected chi connectivity index (χ3v) is 2.72. The zero-order valence-corrected chi connectivity index (χ0v) is 8.26. The summed E-state index contributed by atoms with van der Waals surface area (Å²) in [4.78, 5) is 11.6. The Morgan fingerprint density at radius 3 is 2.75 bits per heavy atom. The van der Waals surface area contributed by atoms with Gasteiger partial charge in [0.05, 0.1) is 0 Å². The van der Waals surface area contributed by atoms with Gasteiger partial charge in [-0.25, -0.2) is 0 Å². The number of carbonyl (C=O) groups excluding carboxylic acids is 1. The summed E-state index contributed by atoms with van der Waals surface area (Å²) in [5, 5.41) is 0. The first-order valence-electron chi connectivity index (χ1n) is 4.79. The lowest BCUT2D eigenvalue weighted by Crippen LogP contribution is -2.18. The maximum absolute atomic E-state index is 11.6. The molecule has 1 aliphatic rings. The normalized spacial score (nSPS) is 25.5. The molecule has 0 heterocycles. The van der Waals surface area contributed by atoms with Crippen LogP contribution in [0.2, 0.25) is 0 Å². The lowest BCUT2D eigenvalue weighted by molar-refractivity contribution is -0.123. The van der Waals surface area contributed by atoms with E-state index in [9.17, 15) is 4.79 Å². The number of hydrogen-bond acceptors (Lipinski definition) is 1. The molecule has 1 atom stereocenters. The van der Waals surface area contributed by atoms with Crippen molar-refractivity contribution in [2.45, 2.75) is 40.0 Å². The fourth-order valence-electron chi connectivity index (χ4n) is 1.78. The standard InChI is InChI=1S/C11H18O/c1-8(2)10-6-4-9(3)5-7-11(10)12/h5,8,10H,4,6-7H2,1-3H3. The van der Waals surface area contributed by atoms with Gasteiger partial charge in [-0.05, 0) is 25.7 Å². The molecule has 0 aromatic carbocycles. The van der Waals surface area contributed by atoms with Gasteiger partial charge in [-0.3, -0.25) is 4.79 Å². The molecule has 12 heavy (non-hydrogen) atoms. The Kier molecular flexibility index (Phi) is 3.07. The number of hydrogen-bond donors (Lipinski definition) is 0. The zero-order chi connectivity index (χ0) is 9.14. The predicted octanol–water partition coefficient (Wildman–Crippen LogP) is 2.96. The smallest absolute Gasteiger partial charge is 0.139 e. The van der Waals surface area contributed by atoms with Gasteiger partial charge in [0, 0.05) is 12.3 Å². The molecule has 0 radical (unpaired) electrons. The maximum Gasteiger partial charge on any atom is 0.139 e. The monoisotopic (exact) mass is 166 g/mol. The van der Waals surface area contributed by atoms with Crippen molar-refractivity contribution in [3.63, 3.8) is 0 Å². The number of ketones is 1. The van der Waals surface area contributed by atoms with E-state index in [-0.39, 0.29) is 0 Å². The van der Waals surface area contributed by atoms with E-state index in [0.29, 0.717) is 24.0 Å². The van der Waals surface area contributed by atoms with E-state index in [4.69, 9.17) is 0 Å². The molecule has 0 amide bonds. The molecular weight excluding hydrogens is 148 g/mol. The molecule has 1 aliphatic carbocycles. The van der Waals surface area contributed by atoms with Crippen LogP contribution in [-0.2, 0) is 4.79 Å². The van der Waals surface area contributed by atoms with Crippen molar-refractivity contribution in [1.82, 2.24) is 0 Å². The van der Waals surface area contributed by atoms with E-state index < -0.39 is 0 Å². The number of carbonyl (C=O) groups is 1. The Morgan fingerprint density at radius 2 is 2.17 bits per heavy atom. The topological polar surface area (TPSA) is 17.1 Å². The summed E-state index contributed by atoms with van der Waals surface area (Å²) in [5.74, 6) is 1.25. The van der Waals surface area contributed by atoms with Gasteiger partial charge >= 0.3 is 0 Å². The molecule has 0 N–H and O–H groups in total. The zero-order valence-electron chi connectivity index (χ0n) is 8.26. The van der Waals surface area contributed by atoms with Crippen LogP contribution in [0.5, 0.6) is 0 Å². The van der Waals surface area contributed by atoms with E-state index in [2.05, 4.69) is 26.8 Å². The highest BCUT2D eigenvalue weighted by atomic mass is 16.1. The molecule has 0 bridgehead atoms. The lowest BCUT2D eigenvalue weighted by atomic mass is 9.87. The summed E-state index contributed by atoms with van der Waals surface area (Å²) in [5.41, 5.74) is 1.38.